The van der Waals surface area contributed by atoms with E-state index in [2.05, 4.69) is 9.71 Å². The van der Waals surface area contributed by atoms with Crippen LogP contribution < -0.4 is 9.46 Å². The van der Waals surface area contributed by atoms with Crippen LogP contribution in [0.15, 0.2) is 71.8 Å². The second kappa shape index (κ2) is 9.25. The predicted molar refractivity (Wildman–Crippen MR) is 112 cm³/mol. The molecule has 0 atom stereocenters. The summed E-state index contributed by atoms with van der Waals surface area (Å²) in [7, 11) is -2.24. The molecule has 0 spiro atoms. The molecular weight excluding hydrogens is 400 g/mol. The third-order valence-electron chi connectivity index (χ3n) is 3.78. The van der Waals surface area contributed by atoms with Gasteiger partial charge in [0, 0.05) is 6.20 Å². The predicted octanol–water partition coefficient (Wildman–Crippen LogP) is 4.19. The first-order chi connectivity index (χ1) is 13.0. The van der Waals surface area contributed by atoms with Gasteiger partial charge in [-0.25, -0.2) is 8.42 Å². The Labute approximate surface area is 170 Å². The van der Waals surface area contributed by atoms with E-state index in [9.17, 15) is 13.5 Å². The SMILES string of the molecule is COc1ccc(S(=O)(=O)Nc2cccnc2C=Cc2ccc(O)cc2)cc1.Cl. The normalized spacial score (nSPS) is 11.0. The third kappa shape index (κ3) is 5.25. The quantitative estimate of drug-likeness (QED) is 0.626. The van der Waals surface area contributed by atoms with Crippen molar-refractivity contribution in [2.24, 2.45) is 0 Å². The van der Waals surface area contributed by atoms with Crippen LogP contribution in [0, 0.1) is 0 Å². The number of pyridine rings is 1. The van der Waals surface area contributed by atoms with E-state index in [1.165, 1.54) is 19.2 Å². The summed E-state index contributed by atoms with van der Waals surface area (Å²) in [6.07, 6.45) is 5.08. The molecular formula is C20H19ClN2O4S. The number of rotatable bonds is 6. The lowest BCUT2D eigenvalue weighted by atomic mass is 10.2. The summed E-state index contributed by atoms with van der Waals surface area (Å²) in [5.74, 6) is 0.755. The van der Waals surface area contributed by atoms with E-state index in [4.69, 9.17) is 4.74 Å². The van der Waals surface area contributed by atoms with Crippen molar-refractivity contribution in [1.29, 1.82) is 0 Å². The molecule has 6 nitrogen and oxygen atoms in total. The minimum Gasteiger partial charge on any atom is -0.508 e. The molecule has 3 aromatic rings. The first-order valence-corrected chi connectivity index (χ1v) is 9.55. The molecule has 2 N–H and O–H groups in total. The van der Waals surface area contributed by atoms with Crippen molar-refractivity contribution in [1.82, 2.24) is 4.98 Å². The summed E-state index contributed by atoms with van der Waals surface area (Å²) in [5, 5.41) is 9.33. The number of hydrogen-bond donors (Lipinski definition) is 2. The third-order valence-corrected chi connectivity index (χ3v) is 5.16. The molecule has 0 bridgehead atoms. The van der Waals surface area contributed by atoms with E-state index in [-0.39, 0.29) is 23.1 Å². The van der Waals surface area contributed by atoms with E-state index in [0.29, 0.717) is 17.1 Å². The van der Waals surface area contributed by atoms with Gasteiger partial charge in [0.15, 0.2) is 0 Å². The second-order valence-corrected chi connectivity index (χ2v) is 7.32. The molecule has 0 radical (unpaired) electrons. The highest BCUT2D eigenvalue weighted by Gasteiger charge is 2.15. The fourth-order valence-electron chi connectivity index (χ4n) is 2.36. The van der Waals surface area contributed by atoms with Gasteiger partial charge in [-0.2, -0.15) is 0 Å². The fraction of sp³-hybridized carbons (Fsp3) is 0.0500. The summed E-state index contributed by atoms with van der Waals surface area (Å²) in [6, 6.07) is 16.1. The number of nitrogens with zero attached hydrogens (tertiary/aromatic N) is 1. The van der Waals surface area contributed by atoms with E-state index < -0.39 is 10.0 Å². The number of halogens is 1. The number of aromatic hydroxyl groups is 1. The molecule has 0 aliphatic rings. The molecule has 2 aromatic carbocycles. The lowest BCUT2D eigenvalue weighted by Gasteiger charge is -2.10. The lowest BCUT2D eigenvalue weighted by Crippen LogP contribution is -2.14. The molecule has 0 aliphatic carbocycles. The molecule has 0 amide bonds. The van der Waals surface area contributed by atoms with Gasteiger partial charge in [-0.05, 0) is 60.2 Å². The summed E-state index contributed by atoms with van der Waals surface area (Å²) in [4.78, 5) is 4.36. The maximum absolute atomic E-state index is 12.6. The molecule has 28 heavy (non-hydrogen) atoms. The number of methoxy groups -OCH3 is 1. The molecule has 1 aromatic heterocycles. The fourth-order valence-corrected chi connectivity index (χ4v) is 3.43. The van der Waals surface area contributed by atoms with E-state index >= 15 is 0 Å². The molecule has 0 aliphatic heterocycles. The number of phenolic OH excluding ortho intramolecular Hbond substituents is 1. The molecule has 0 fully saturated rings. The summed E-state index contributed by atoms with van der Waals surface area (Å²) in [5.41, 5.74) is 1.69. The average molecular weight is 419 g/mol. The van der Waals surface area contributed by atoms with Gasteiger partial charge in [0.25, 0.3) is 10.0 Å². The van der Waals surface area contributed by atoms with Crippen molar-refractivity contribution in [3.05, 3.63) is 78.1 Å². The van der Waals surface area contributed by atoms with Gasteiger partial charge < -0.3 is 9.84 Å². The maximum atomic E-state index is 12.6. The molecule has 8 heteroatoms. The number of ether oxygens (including phenoxy) is 1. The Morgan fingerprint density at radius 3 is 2.32 bits per heavy atom. The van der Waals surface area contributed by atoms with Crippen LogP contribution in [0.5, 0.6) is 11.5 Å². The molecule has 0 saturated heterocycles. The van der Waals surface area contributed by atoms with Crippen molar-refractivity contribution in [2.75, 3.05) is 11.8 Å². The number of aromatic nitrogens is 1. The van der Waals surface area contributed by atoms with Crippen LogP contribution in [0.2, 0.25) is 0 Å². The van der Waals surface area contributed by atoms with Crippen molar-refractivity contribution in [3.8, 4) is 11.5 Å². The summed E-state index contributed by atoms with van der Waals surface area (Å²) in [6.45, 7) is 0. The highest BCUT2D eigenvalue weighted by molar-refractivity contribution is 7.92. The van der Waals surface area contributed by atoms with Gasteiger partial charge in [-0.3, -0.25) is 9.71 Å². The Hall–Kier alpha value is -3.03. The molecule has 146 valence electrons. The van der Waals surface area contributed by atoms with Gasteiger partial charge in [0.2, 0.25) is 0 Å². The van der Waals surface area contributed by atoms with Gasteiger partial charge in [-0.1, -0.05) is 18.2 Å². The Morgan fingerprint density at radius 2 is 1.68 bits per heavy atom. The van der Waals surface area contributed by atoms with Crippen molar-refractivity contribution in [3.63, 3.8) is 0 Å². The first-order valence-electron chi connectivity index (χ1n) is 8.07. The van der Waals surface area contributed by atoms with Crippen molar-refractivity contribution < 1.29 is 18.3 Å². The van der Waals surface area contributed by atoms with Crippen molar-refractivity contribution >= 4 is 40.3 Å². The largest absolute Gasteiger partial charge is 0.508 e. The van der Waals surface area contributed by atoms with Crippen LogP contribution in [-0.2, 0) is 10.0 Å². The Morgan fingerprint density at radius 1 is 1.00 bits per heavy atom. The number of anilines is 1. The Balaban J connectivity index is 0.00000280. The van der Waals surface area contributed by atoms with Crippen LogP contribution in [0.25, 0.3) is 12.2 Å². The van der Waals surface area contributed by atoms with Crippen LogP contribution in [0.3, 0.4) is 0 Å². The topological polar surface area (TPSA) is 88.5 Å². The second-order valence-electron chi connectivity index (χ2n) is 5.64. The van der Waals surface area contributed by atoms with Crippen LogP contribution in [0.1, 0.15) is 11.3 Å². The van der Waals surface area contributed by atoms with Gasteiger partial charge in [-0.15, -0.1) is 12.4 Å². The minimum atomic E-state index is -3.76. The highest BCUT2D eigenvalue weighted by atomic mass is 35.5. The lowest BCUT2D eigenvalue weighted by molar-refractivity contribution is 0.414. The molecule has 0 saturated carbocycles. The minimum absolute atomic E-state index is 0. The van der Waals surface area contributed by atoms with Crippen molar-refractivity contribution in [2.45, 2.75) is 4.90 Å². The smallest absolute Gasteiger partial charge is 0.261 e. The zero-order chi connectivity index (χ0) is 19.3. The van der Waals surface area contributed by atoms with E-state index in [1.54, 1.807) is 66.9 Å². The monoisotopic (exact) mass is 418 g/mol. The van der Waals surface area contributed by atoms with Gasteiger partial charge >= 0.3 is 0 Å². The van der Waals surface area contributed by atoms with Gasteiger partial charge in [0.05, 0.1) is 23.4 Å². The molecule has 3 rings (SSSR count). The number of benzene rings is 2. The van der Waals surface area contributed by atoms with E-state index in [0.717, 1.165) is 5.56 Å². The Bertz CT molecular complexity index is 1050. The number of hydrogen-bond acceptors (Lipinski definition) is 5. The molecule has 1 heterocycles. The van der Waals surface area contributed by atoms with Crippen LogP contribution in [-0.4, -0.2) is 25.6 Å². The number of phenols is 1. The summed E-state index contributed by atoms with van der Waals surface area (Å²) >= 11 is 0. The summed E-state index contributed by atoms with van der Waals surface area (Å²) < 4.78 is 32.9. The average Bonchev–Trinajstić information content (AvgIpc) is 2.68. The standard InChI is InChI=1S/C20H18N2O4S.ClH/c1-26-17-9-11-18(12-10-17)27(24,25)22-20-3-2-14-21-19(20)13-6-15-4-7-16(23)8-5-15;/h2-14,22-23H,1H3;1H. The van der Waals surface area contributed by atoms with Crippen LogP contribution in [0.4, 0.5) is 5.69 Å². The number of sulfonamides is 1. The molecule has 0 unspecified atom stereocenters. The zero-order valence-electron chi connectivity index (χ0n) is 14.9. The highest BCUT2D eigenvalue weighted by Crippen LogP contribution is 2.22. The number of nitrogens with one attached hydrogen (secondary N) is 1. The maximum Gasteiger partial charge on any atom is 0.261 e. The van der Waals surface area contributed by atoms with Gasteiger partial charge in [0.1, 0.15) is 11.5 Å². The Kier molecular flexibility index (Phi) is 7.03. The first kappa shape index (κ1) is 21.3. The zero-order valence-corrected chi connectivity index (χ0v) is 16.6. The van der Waals surface area contributed by atoms with E-state index in [1.807, 2.05) is 0 Å². The van der Waals surface area contributed by atoms with Crippen LogP contribution >= 0.6 is 12.4 Å².